The minimum Gasteiger partial charge on any atom is -0.435 e. The summed E-state index contributed by atoms with van der Waals surface area (Å²) in [5, 5.41) is 26.8. The molecule has 0 bridgehead atoms. The van der Waals surface area contributed by atoms with Gasteiger partial charge in [-0.15, -0.1) is 0 Å². The maximum absolute atomic E-state index is 12.1. The van der Waals surface area contributed by atoms with Gasteiger partial charge in [0.15, 0.2) is 11.2 Å². The number of aromatic nitrogens is 4. The van der Waals surface area contributed by atoms with E-state index in [2.05, 4.69) is 140 Å². The van der Waals surface area contributed by atoms with Gasteiger partial charge in [0.2, 0.25) is 11.8 Å². The molecule has 0 aliphatic carbocycles. The number of nitrogens with zero attached hydrogens (tertiary/aromatic N) is 6. The fraction of sp³-hybridized carbons (Fsp3) is 0.0323. The van der Waals surface area contributed by atoms with Gasteiger partial charge >= 0.3 is 13.7 Å². The van der Waals surface area contributed by atoms with Gasteiger partial charge in [0.05, 0.1) is 10.7 Å². The number of oxazole rings is 2. The van der Waals surface area contributed by atoms with E-state index in [9.17, 15) is 10.5 Å². The average molecular weight is 1080 g/mol. The molecule has 0 amide bonds. The quantitative estimate of drug-likeness (QED) is 0.126. The van der Waals surface area contributed by atoms with E-state index in [0.29, 0.717) is 43.7 Å². The first-order valence-corrected chi connectivity index (χ1v) is 25.7. The van der Waals surface area contributed by atoms with Crippen molar-refractivity contribution in [2.45, 2.75) is 13.8 Å². The van der Waals surface area contributed by atoms with Crippen molar-refractivity contribution in [2.75, 3.05) is 0 Å². The smallest absolute Gasteiger partial charge is 0.328 e. The number of nitriles is 2. The standard InChI is InChI=1S/C62H40B2Br2N6O2/c1-39-19-15-17-29-47(39)57-55-56(60(50(38-68)62-70-52-34-32-46(66)36-54(52)74-62)71(57)63(41-21-7-3-8-22-41)42-23-9-4-10-24-42)58(48-30-18-16-20-40(48)2)72(64(43-25-11-5-12-26-43)44-27-13-6-14-28-44)59(55)49(37-67)61-69-51-33-31-45(65)35-53(51)73-61/h3-36H,1-2H3/b59-49-,60-50-. The Morgan fingerprint density at radius 1 is 0.446 bits per heavy atom. The van der Waals surface area contributed by atoms with E-state index in [-0.39, 0.29) is 22.9 Å². The predicted octanol–water partition coefficient (Wildman–Crippen LogP) is 11.0. The van der Waals surface area contributed by atoms with Gasteiger partial charge in [-0.05, 0) is 61.4 Å². The van der Waals surface area contributed by atoms with Crippen LogP contribution in [0.15, 0.2) is 224 Å². The van der Waals surface area contributed by atoms with Crippen LogP contribution >= 0.6 is 31.9 Å². The zero-order valence-corrected chi connectivity index (χ0v) is 43.2. The number of fused-ring (bicyclic) bond motifs is 3. The molecule has 12 rings (SSSR count). The SMILES string of the molecule is Cc1ccccc1-c1c2/c(=C(\C#N)c3nc4ccc(Br)cc4o3)n(B(c3ccccc3)c3ccccc3)c(-c3ccccc3C)c2/c(=C(\C#N)c2nc3ccc(Br)cc3o2)n1B(c1ccccc1)c1ccccc1. The van der Waals surface area contributed by atoms with Crippen molar-refractivity contribution < 1.29 is 8.83 Å². The third kappa shape index (κ3) is 8.00. The fourth-order valence-corrected chi connectivity index (χ4v) is 11.2. The summed E-state index contributed by atoms with van der Waals surface area (Å²) in [6.07, 6.45) is 0. The Balaban J connectivity index is 1.46. The van der Waals surface area contributed by atoms with E-state index in [1.54, 1.807) is 0 Å². The summed E-state index contributed by atoms with van der Waals surface area (Å²) in [7, 11) is 0. The molecule has 0 fully saturated rings. The van der Waals surface area contributed by atoms with Gasteiger partial charge in [-0.2, -0.15) is 10.5 Å². The summed E-state index contributed by atoms with van der Waals surface area (Å²) >= 11 is 7.28. The molecular weight excluding hydrogens is 1040 g/mol. The topological polar surface area (TPSA) is 110 Å². The van der Waals surface area contributed by atoms with E-state index < -0.39 is 13.7 Å². The number of benzene rings is 8. The lowest BCUT2D eigenvalue weighted by Gasteiger charge is -2.24. The van der Waals surface area contributed by atoms with Crippen molar-refractivity contribution in [2.24, 2.45) is 0 Å². The molecule has 4 aromatic heterocycles. The molecule has 0 spiro atoms. The highest BCUT2D eigenvalue weighted by atomic mass is 79.9. The van der Waals surface area contributed by atoms with Crippen molar-refractivity contribution >= 4 is 112 Å². The monoisotopic (exact) mass is 1080 g/mol. The van der Waals surface area contributed by atoms with Crippen LogP contribution in [0.4, 0.5) is 0 Å². The minimum atomic E-state index is -0.548. The maximum Gasteiger partial charge on any atom is 0.328 e. The molecule has 0 saturated heterocycles. The lowest BCUT2D eigenvalue weighted by molar-refractivity contribution is 0.584. The Labute approximate surface area is 444 Å². The number of hydrogen-bond donors (Lipinski definition) is 0. The Morgan fingerprint density at radius 2 is 0.770 bits per heavy atom. The number of halogens is 2. The van der Waals surface area contributed by atoms with Gasteiger partial charge in [0.1, 0.15) is 34.3 Å². The summed E-state index contributed by atoms with van der Waals surface area (Å²) in [6.45, 7) is 3.12. The largest absolute Gasteiger partial charge is 0.435 e. The summed E-state index contributed by atoms with van der Waals surface area (Å²) in [5.74, 6) is 0.304. The average Bonchev–Trinajstić information content (AvgIpc) is 4.21. The predicted molar refractivity (Wildman–Crippen MR) is 306 cm³/mol. The molecule has 0 aliphatic heterocycles. The van der Waals surface area contributed by atoms with E-state index in [4.69, 9.17) is 18.8 Å². The van der Waals surface area contributed by atoms with Crippen LogP contribution in [0.2, 0.25) is 0 Å². The lowest BCUT2D eigenvalue weighted by atomic mass is 9.50. The van der Waals surface area contributed by atoms with Gasteiger partial charge in [-0.3, -0.25) is 0 Å². The molecule has 8 nitrogen and oxygen atoms in total. The maximum atomic E-state index is 12.1. The van der Waals surface area contributed by atoms with Gasteiger partial charge < -0.3 is 17.8 Å². The van der Waals surface area contributed by atoms with Crippen molar-refractivity contribution in [1.82, 2.24) is 18.9 Å². The van der Waals surface area contributed by atoms with Crippen LogP contribution in [0, 0.1) is 36.5 Å². The lowest BCUT2D eigenvalue weighted by Crippen LogP contribution is -2.54. The van der Waals surface area contributed by atoms with Crippen molar-refractivity contribution in [1.29, 1.82) is 10.5 Å². The first kappa shape index (κ1) is 46.4. The van der Waals surface area contributed by atoms with Crippen LogP contribution in [0.25, 0.3) is 66.6 Å². The summed E-state index contributed by atoms with van der Waals surface area (Å²) < 4.78 is 19.7. The van der Waals surface area contributed by atoms with Gasteiger partial charge in [-0.25, -0.2) is 9.97 Å². The molecule has 350 valence electrons. The van der Waals surface area contributed by atoms with E-state index >= 15 is 0 Å². The van der Waals surface area contributed by atoms with Crippen molar-refractivity contribution in [3.05, 3.63) is 249 Å². The molecule has 12 aromatic rings. The van der Waals surface area contributed by atoms with Crippen LogP contribution in [0.5, 0.6) is 0 Å². The molecule has 0 atom stereocenters. The second-order valence-electron chi connectivity index (χ2n) is 18.2. The normalized spacial score (nSPS) is 12.2. The van der Waals surface area contributed by atoms with Crippen LogP contribution in [-0.4, -0.2) is 32.6 Å². The highest BCUT2D eigenvalue weighted by Gasteiger charge is 2.38. The summed E-state index contributed by atoms with van der Waals surface area (Å²) in [5.41, 5.74) is 11.8. The second-order valence-corrected chi connectivity index (χ2v) is 20.0. The number of hydrogen-bond acceptors (Lipinski definition) is 6. The molecule has 0 N–H and O–H groups in total. The molecule has 8 aromatic carbocycles. The first-order valence-electron chi connectivity index (χ1n) is 24.1. The van der Waals surface area contributed by atoms with Crippen LogP contribution in [-0.2, 0) is 0 Å². The summed E-state index contributed by atoms with van der Waals surface area (Å²) in [6, 6.07) is 74.8. The fourth-order valence-electron chi connectivity index (χ4n) is 10.6. The zero-order chi connectivity index (χ0) is 50.5. The Hall–Kier alpha value is -8.67. The molecule has 12 heteroatoms. The molecule has 74 heavy (non-hydrogen) atoms. The van der Waals surface area contributed by atoms with E-state index in [1.807, 2.05) is 133 Å². The zero-order valence-electron chi connectivity index (χ0n) is 40.0. The van der Waals surface area contributed by atoms with Gasteiger partial charge in [0.25, 0.3) is 0 Å². The van der Waals surface area contributed by atoms with Crippen molar-refractivity contribution in [3.8, 4) is 34.7 Å². The van der Waals surface area contributed by atoms with Crippen LogP contribution < -0.4 is 32.5 Å². The third-order valence-corrected chi connectivity index (χ3v) is 14.8. The molecule has 0 saturated carbocycles. The van der Waals surface area contributed by atoms with E-state index in [1.165, 1.54) is 0 Å². The summed E-state index contributed by atoms with van der Waals surface area (Å²) in [4.78, 5) is 10.2. The molecular formula is C62H40B2Br2N6O2. The van der Waals surface area contributed by atoms with Crippen LogP contribution in [0.1, 0.15) is 22.9 Å². The first-order chi connectivity index (χ1) is 36.3. The molecule has 0 aliphatic rings. The third-order valence-electron chi connectivity index (χ3n) is 13.8. The van der Waals surface area contributed by atoms with Gasteiger partial charge in [0, 0.05) is 42.2 Å². The Kier molecular flexibility index (Phi) is 12.2. The number of aryl methyl sites for hydroxylation is 2. The van der Waals surface area contributed by atoms with E-state index in [0.717, 1.165) is 64.4 Å². The Morgan fingerprint density at radius 3 is 1.09 bits per heavy atom. The molecule has 0 unspecified atom stereocenters. The molecule has 0 radical (unpaired) electrons. The highest BCUT2D eigenvalue weighted by Crippen LogP contribution is 2.39. The highest BCUT2D eigenvalue weighted by molar-refractivity contribution is 9.10. The Bertz CT molecular complexity index is 3990. The minimum absolute atomic E-state index is 0.152. The number of rotatable bonds is 10. The van der Waals surface area contributed by atoms with Gasteiger partial charge in [-0.1, -0.05) is 224 Å². The molecule has 4 heterocycles. The van der Waals surface area contributed by atoms with Crippen molar-refractivity contribution in [3.63, 3.8) is 0 Å². The second kappa shape index (κ2) is 19.4. The van der Waals surface area contributed by atoms with Crippen LogP contribution in [0.3, 0.4) is 0 Å².